The number of hydrogen-bond acceptors (Lipinski definition) is 2. The van der Waals surface area contributed by atoms with E-state index in [0.29, 0.717) is 12.3 Å². The topological polar surface area (TPSA) is 37.9 Å². The zero-order chi connectivity index (χ0) is 11.9. The average molecular weight is 224 g/mol. The summed E-state index contributed by atoms with van der Waals surface area (Å²) in [7, 11) is 0. The van der Waals surface area contributed by atoms with Crippen molar-refractivity contribution < 1.29 is 17.9 Å². The number of nitrogens with one attached hydrogen (secondary N) is 1. The summed E-state index contributed by atoms with van der Waals surface area (Å²) >= 11 is 0. The number of alkyl halides is 3. The van der Waals surface area contributed by atoms with Gasteiger partial charge in [0.25, 0.3) is 0 Å². The lowest BCUT2D eigenvalue weighted by atomic mass is 10.3. The van der Waals surface area contributed by atoms with Gasteiger partial charge in [0.1, 0.15) is 0 Å². The first-order valence-electron chi connectivity index (χ1n) is 4.73. The molecule has 1 aromatic rings. The highest BCUT2D eigenvalue weighted by atomic mass is 19.4. The van der Waals surface area contributed by atoms with Gasteiger partial charge in [0.2, 0.25) is 0 Å². The molecule has 0 aliphatic heterocycles. The van der Waals surface area contributed by atoms with E-state index in [1.807, 2.05) is 13.8 Å². The number of aromatic nitrogens is 2. The van der Waals surface area contributed by atoms with Gasteiger partial charge in [-0.1, -0.05) is 13.8 Å². The van der Waals surface area contributed by atoms with Gasteiger partial charge < -0.3 is 4.74 Å². The molecule has 3 nitrogen and oxygen atoms in total. The maximum Gasteiger partial charge on any atom is 0.435 e. The minimum Gasteiger partial charge on any atom is -0.375 e. The van der Waals surface area contributed by atoms with Gasteiger partial charge >= 0.3 is 6.18 Å². The van der Waals surface area contributed by atoms with Crippen LogP contribution in [0.1, 0.15) is 32.2 Å². The summed E-state index contributed by atoms with van der Waals surface area (Å²) in [5.41, 5.74) is -0.587. The predicted octanol–water partition coefficient (Wildman–Crippen LogP) is 2.99. The number of hydrogen-bond donors (Lipinski definition) is 1. The highest BCUT2D eigenvalue weighted by Gasteiger charge is 2.33. The molecule has 15 heavy (non-hydrogen) atoms. The molecule has 0 aliphatic rings. The largest absolute Gasteiger partial charge is 0.435 e. The van der Waals surface area contributed by atoms with Crippen LogP contribution in [-0.4, -0.2) is 16.8 Å². The molecule has 0 radical (unpaired) electrons. The van der Waals surface area contributed by atoms with E-state index in [9.17, 15) is 13.2 Å². The summed E-state index contributed by atoms with van der Waals surface area (Å²) in [6, 6.07) is 0.940. The molecular formula is C9H15F3N2O. The second-order valence-electron chi connectivity index (χ2n) is 2.41. The molecule has 1 N–H and O–H groups in total. The Balaban J connectivity index is 0.000000921. The van der Waals surface area contributed by atoms with Crippen molar-refractivity contribution in [2.45, 2.75) is 33.6 Å². The van der Waals surface area contributed by atoms with Crippen molar-refractivity contribution in [3.63, 3.8) is 0 Å². The molecule has 0 aromatic carbocycles. The highest BCUT2D eigenvalue weighted by Crippen LogP contribution is 2.27. The van der Waals surface area contributed by atoms with Crippen LogP contribution in [0.4, 0.5) is 13.2 Å². The molecular weight excluding hydrogens is 209 g/mol. The Labute approximate surface area is 86.6 Å². The Bertz CT molecular complexity index is 271. The van der Waals surface area contributed by atoms with Gasteiger partial charge in [-0.25, -0.2) is 0 Å². The third-order valence-electron chi connectivity index (χ3n) is 1.38. The molecule has 0 atom stereocenters. The van der Waals surface area contributed by atoms with Crippen molar-refractivity contribution in [2.75, 3.05) is 6.61 Å². The van der Waals surface area contributed by atoms with Gasteiger partial charge in [-0.05, 0) is 13.0 Å². The van der Waals surface area contributed by atoms with Crippen LogP contribution < -0.4 is 0 Å². The maximum atomic E-state index is 12.0. The van der Waals surface area contributed by atoms with Gasteiger partial charge in [-0.2, -0.15) is 18.3 Å². The van der Waals surface area contributed by atoms with Gasteiger partial charge in [0, 0.05) is 6.61 Å². The number of nitrogens with zero attached hydrogens (tertiary/aromatic N) is 1. The lowest BCUT2D eigenvalue weighted by Gasteiger charge is -1.98. The van der Waals surface area contributed by atoms with Gasteiger partial charge in [-0.3, -0.25) is 5.10 Å². The van der Waals surface area contributed by atoms with Gasteiger partial charge in [0.05, 0.1) is 12.3 Å². The molecule has 88 valence electrons. The minimum absolute atomic E-state index is 0.125. The summed E-state index contributed by atoms with van der Waals surface area (Å²) in [5, 5.41) is 5.36. The first-order valence-corrected chi connectivity index (χ1v) is 4.73. The smallest absolute Gasteiger partial charge is 0.375 e. The van der Waals surface area contributed by atoms with E-state index in [1.54, 1.807) is 6.92 Å². The summed E-state index contributed by atoms with van der Waals surface area (Å²) in [4.78, 5) is 0. The molecule has 0 saturated carbocycles. The Morgan fingerprint density at radius 3 is 2.40 bits per heavy atom. The Hall–Kier alpha value is -1.04. The van der Waals surface area contributed by atoms with E-state index < -0.39 is 11.9 Å². The van der Waals surface area contributed by atoms with Crippen LogP contribution in [0.5, 0.6) is 0 Å². The van der Waals surface area contributed by atoms with Crippen molar-refractivity contribution in [2.24, 2.45) is 0 Å². The molecule has 0 unspecified atom stereocenters. The lowest BCUT2D eigenvalue weighted by Crippen LogP contribution is -2.04. The molecule has 0 bridgehead atoms. The highest BCUT2D eigenvalue weighted by molar-refractivity contribution is 5.10. The normalized spacial score (nSPS) is 10.8. The van der Waals surface area contributed by atoms with Crippen LogP contribution >= 0.6 is 0 Å². The average Bonchev–Trinajstić information content (AvgIpc) is 2.65. The minimum atomic E-state index is -4.39. The van der Waals surface area contributed by atoms with E-state index in [2.05, 4.69) is 10.2 Å². The monoisotopic (exact) mass is 224 g/mol. The molecule has 0 amide bonds. The van der Waals surface area contributed by atoms with Gasteiger partial charge in [-0.15, -0.1) is 0 Å². The Morgan fingerprint density at radius 1 is 1.40 bits per heavy atom. The third kappa shape index (κ3) is 4.83. The summed E-state index contributed by atoms with van der Waals surface area (Å²) in [6.07, 6.45) is -4.39. The molecule has 0 aliphatic carbocycles. The molecule has 6 heteroatoms. The quantitative estimate of drug-likeness (QED) is 0.857. The van der Waals surface area contributed by atoms with E-state index in [0.717, 1.165) is 6.07 Å². The second-order valence-corrected chi connectivity index (χ2v) is 2.41. The lowest BCUT2D eigenvalue weighted by molar-refractivity contribution is -0.141. The maximum absolute atomic E-state index is 12.0. The third-order valence-corrected chi connectivity index (χ3v) is 1.38. The van der Waals surface area contributed by atoms with Crippen molar-refractivity contribution in [1.82, 2.24) is 10.2 Å². The van der Waals surface area contributed by atoms with Crippen molar-refractivity contribution in [3.8, 4) is 0 Å². The SMILES string of the molecule is CC.CCOCc1cc(C(F)(F)F)n[nH]1. The van der Waals surface area contributed by atoms with Crippen LogP contribution in [0.25, 0.3) is 0 Å². The van der Waals surface area contributed by atoms with E-state index in [-0.39, 0.29) is 6.61 Å². The van der Waals surface area contributed by atoms with Crippen LogP contribution in [0.2, 0.25) is 0 Å². The number of ether oxygens (including phenoxy) is 1. The summed E-state index contributed by atoms with van der Waals surface area (Å²) in [5.74, 6) is 0. The second kappa shape index (κ2) is 6.44. The number of rotatable bonds is 3. The molecule has 0 spiro atoms. The Morgan fingerprint density at radius 2 is 2.00 bits per heavy atom. The fourth-order valence-electron chi connectivity index (χ4n) is 0.793. The van der Waals surface area contributed by atoms with Crippen LogP contribution in [0.15, 0.2) is 6.07 Å². The van der Waals surface area contributed by atoms with Crippen molar-refractivity contribution >= 4 is 0 Å². The van der Waals surface area contributed by atoms with E-state index in [4.69, 9.17) is 4.74 Å². The summed E-state index contributed by atoms with van der Waals surface area (Å²) in [6.45, 7) is 6.35. The standard InChI is InChI=1S/C7H9F3N2O.C2H6/c1-2-13-4-5-3-6(12-11-5)7(8,9)10;1-2/h3H,2,4H2,1H3,(H,11,12);1-2H3. The van der Waals surface area contributed by atoms with E-state index >= 15 is 0 Å². The number of H-pyrrole nitrogens is 1. The summed E-state index contributed by atoms with van der Waals surface area (Å²) < 4.78 is 40.9. The number of halogens is 3. The number of aromatic amines is 1. The molecule has 1 aromatic heterocycles. The first-order chi connectivity index (χ1) is 7.04. The zero-order valence-electron chi connectivity index (χ0n) is 8.98. The van der Waals surface area contributed by atoms with Crippen LogP contribution in [0.3, 0.4) is 0 Å². The van der Waals surface area contributed by atoms with Crippen LogP contribution in [0, 0.1) is 0 Å². The molecule has 0 fully saturated rings. The predicted molar refractivity (Wildman–Crippen MR) is 50.3 cm³/mol. The zero-order valence-corrected chi connectivity index (χ0v) is 8.98. The van der Waals surface area contributed by atoms with Crippen LogP contribution in [-0.2, 0) is 17.5 Å². The first kappa shape index (κ1) is 14.0. The van der Waals surface area contributed by atoms with E-state index in [1.165, 1.54) is 0 Å². The van der Waals surface area contributed by atoms with Crippen molar-refractivity contribution in [1.29, 1.82) is 0 Å². The Kier molecular flexibility index (Phi) is 6.00. The van der Waals surface area contributed by atoms with Gasteiger partial charge in [0.15, 0.2) is 5.69 Å². The molecule has 1 heterocycles. The van der Waals surface area contributed by atoms with Crippen molar-refractivity contribution in [3.05, 3.63) is 17.5 Å². The molecule has 1 rings (SSSR count). The fraction of sp³-hybridized carbons (Fsp3) is 0.667. The fourth-order valence-corrected chi connectivity index (χ4v) is 0.793. The molecule has 0 saturated heterocycles.